The van der Waals surface area contributed by atoms with Gasteiger partial charge in [-0.05, 0) is 77.7 Å². The van der Waals surface area contributed by atoms with Crippen molar-refractivity contribution in [2.45, 2.75) is 106 Å². The molecule has 1 radical (unpaired) electrons. The van der Waals surface area contributed by atoms with E-state index in [1.54, 1.807) is 0 Å². The normalized spacial score (nSPS) is 13.9. The van der Waals surface area contributed by atoms with E-state index in [2.05, 4.69) is 84.0 Å². The minimum atomic E-state index is -0.224. The molecule has 2 aromatic heterocycles. The quantitative estimate of drug-likeness (QED) is 0.101. The first-order valence-electron chi connectivity index (χ1n) is 17.0. The van der Waals surface area contributed by atoms with E-state index in [9.17, 15) is 9.90 Å². The van der Waals surface area contributed by atoms with E-state index in [0.29, 0.717) is 0 Å². The molecule has 2 heterocycles. The second-order valence-electron chi connectivity index (χ2n) is 14.5. The number of hydrogen-bond donors (Lipinski definition) is 1. The zero-order valence-electron chi connectivity index (χ0n) is 29.7. The Kier molecular flexibility index (Phi) is 10.9. The van der Waals surface area contributed by atoms with Gasteiger partial charge in [0.1, 0.15) is 5.58 Å². The Morgan fingerprint density at radius 3 is 2.21 bits per heavy atom. The maximum atomic E-state index is 11.7. The zero-order valence-corrected chi connectivity index (χ0v) is 32.1. The van der Waals surface area contributed by atoms with Gasteiger partial charge in [-0.25, -0.2) is 0 Å². The third kappa shape index (κ3) is 6.72. The first-order valence-corrected chi connectivity index (χ1v) is 17.0. The van der Waals surface area contributed by atoms with Crippen LogP contribution in [0.15, 0.2) is 64.8 Å². The van der Waals surface area contributed by atoms with E-state index in [-0.39, 0.29) is 54.3 Å². The SMILES string of the molecule is CCC(CC)C(=O)/C=C(\O)C(CC)CC.Cc1ccc2nc3c(cc2c1)C(C)(C)c1ccc(C(C)(C)C)c2oc4cc[c-]c-3c4c12.[Ir]. The molecule has 0 atom stereocenters. The summed E-state index contributed by atoms with van der Waals surface area (Å²) in [7, 11) is 0. The second-order valence-corrected chi connectivity index (χ2v) is 14.5. The molecule has 0 amide bonds. The van der Waals surface area contributed by atoms with Gasteiger partial charge >= 0.3 is 0 Å². The van der Waals surface area contributed by atoms with Crippen LogP contribution in [0.1, 0.15) is 110 Å². The van der Waals surface area contributed by atoms with E-state index >= 15 is 0 Å². The summed E-state index contributed by atoms with van der Waals surface area (Å²) in [6, 6.07) is 20.9. The average molecular weight is 809 g/mol. The number of carbonyl (C=O) groups excluding carboxylic acids is 1. The molecule has 0 bridgehead atoms. The summed E-state index contributed by atoms with van der Waals surface area (Å²) >= 11 is 0. The summed E-state index contributed by atoms with van der Waals surface area (Å²) in [5.41, 5.74) is 9.80. The predicted molar refractivity (Wildman–Crippen MR) is 193 cm³/mol. The number of aliphatic hydroxyl groups is 1. The molecule has 1 N–H and O–H groups in total. The molecule has 0 fully saturated rings. The standard InChI is InChI=1S/C29H26NO.C13H24O2.Ir/c1-16-10-13-22-17(14-16)15-21-26(30-22)18-8-7-9-23-24(18)25-19(29(21,5)6)11-12-20(27(25)31-23)28(2,3)4;1-5-10(6-2)12(14)9-13(15)11(7-3)8-4;/h7,9-15H,1-6H3;9-11,14H,5-8H2,1-4H3;/q-1;;/b;12-9-;. The molecule has 251 valence electrons. The van der Waals surface area contributed by atoms with Crippen molar-refractivity contribution < 1.29 is 34.4 Å². The van der Waals surface area contributed by atoms with Crippen molar-refractivity contribution in [3.8, 4) is 11.3 Å². The molecule has 0 spiro atoms. The number of nitrogens with zero attached hydrogens (tertiary/aromatic N) is 1. The van der Waals surface area contributed by atoms with Gasteiger partial charge in [0.25, 0.3) is 0 Å². The molecule has 0 aliphatic heterocycles. The Balaban J connectivity index is 0.000000269. The fourth-order valence-electron chi connectivity index (χ4n) is 7.05. The molecule has 1 aliphatic rings. The maximum absolute atomic E-state index is 11.7. The monoisotopic (exact) mass is 809 g/mol. The molecule has 47 heavy (non-hydrogen) atoms. The summed E-state index contributed by atoms with van der Waals surface area (Å²) in [5.74, 6) is 0.547. The molecular formula is C42H50IrNO3-. The van der Waals surface area contributed by atoms with Crippen molar-refractivity contribution in [3.63, 3.8) is 0 Å². The van der Waals surface area contributed by atoms with Crippen LogP contribution in [0.2, 0.25) is 0 Å². The Morgan fingerprint density at radius 1 is 0.936 bits per heavy atom. The predicted octanol–water partition coefficient (Wildman–Crippen LogP) is 11.7. The summed E-state index contributed by atoms with van der Waals surface area (Å²) in [4.78, 5) is 16.9. The first-order chi connectivity index (χ1) is 21.8. The number of rotatable bonds is 7. The van der Waals surface area contributed by atoms with Crippen LogP contribution in [0, 0.1) is 24.8 Å². The minimum absolute atomic E-state index is 0. The van der Waals surface area contributed by atoms with Crippen LogP contribution in [0.25, 0.3) is 44.1 Å². The van der Waals surface area contributed by atoms with Crippen LogP contribution in [0.5, 0.6) is 0 Å². The molecule has 1 aliphatic carbocycles. The van der Waals surface area contributed by atoms with Gasteiger partial charge in [-0.1, -0.05) is 109 Å². The Hall–Kier alpha value is -3.27. The zero-order chi connectivity index (χ0) is 33.6. The van der Waals surface area contributed by atoms with Gasteiger partial charge in [-0.15, -0.1) is 17.7 Å². The third-order valence-corrected chi connectivity index (χ3v) is 10.0. The van der Waals surface area contributed by atoms with Gasteiger partial charge < -0.3 is 9.52 Å². The molecule has 3 aromatic carbocycles. The van der Waals surface area contributed by atoms with E-state index < -0.39 is 0 Å². The minimum Gasteiger partial charge on any atom is -0.512 e. The largest absolute Gasteiger partial charge is 0.512 e. The Bertz CT molecular complexity index is 1950. The number of furan rings is 1. The Labute approximate surface area is 294 Å². The van der Waals surface area contributed by atoms with Crippen molar-refractivity contribution in [1.29, 1.82) is 0 Å². The van der Waals surface area contributed by atoms with Gasteiger partial charge in [0.05, 0.1) is 16.9 Å². The van der Waals surface area contributed by atoms with Crippen molar-refractivity contribution in [2.24, 2.45) is 11.8 Å². The number of aliphatic hydroxyl groups excluding tert-OH is 1. The molecule has 5 aromatic rings. The number of pyridine rings is 1. The van der Waals surface area contributed by atoms with Crippen LogP contribution in [-0.4, -0.2) is 15.9 Å². The number of fused-ring (bicyclic) bond motifs is 3. The van der Waals surface area contributed by atoms with Gasteiger partial charge in [0, 0.05) is 43.4 Å². The van der Waals surface area contributed by atoms with E-state index in [4.69, 9.17) is 9.40 Å². The fourth-order valence-corrected chi connectivity index (χ4v) is 7.05. The number of allylic oxidation sites excluding steroid dienone is 2. The van der Waals surface area contributed by atoms with Gasteiger partial charge in [-0.3, -0.25) is 9.78 Å². The van der Waals surface area contributed by atoms with Crippen LogP contribution in [0.4, 0.5) is 0 Å². The van der Waals surface area contributed by atoms with Crippen LogP contribution in [0.3, 0.4) is 0 Å². The van der Waals surface area contributed by atoms with E-state index in [1.807, 2.05) is 39.8 Å². The average Bonchev–Trinajstić information content (AvgIpc) is 3.37. The van der Waals surface area contributed by atoms with Crippen molar-refractivity contribution in [1.82, 2.24) is 4.98 Å². The first kappa shape index (κ1) is 36.6. The van der Waals surface area contributed by atoms with Crippen molar-refractivity contribution >= 4 is 38.6 Å². The summed E-state index contributed by atoms with van der Waals surface area (Å²) in [6.45, 7) is 21.6. The number of ketones is 1. The van der Waals surface area contributed by atoms with E-state index in [0.717, 1.165) is 59.0 Å². The molecule has 4 nitrogen and oxygen atoms in total. The van der Waals surface area contributed by atoms with Gasteiger partial charge in [-0.2, -0.15) is 0 Å². The van der Waals surface area contributed by atoms with Crippen molar-refractivity contribution in [3.05, 3.63) is 88.7 Å². The number of aromatic nitrogens is 1. The van der Waals surface area contributed by atoms with Crippen molar-refractivity contribution in [2.75, 3.05) is 0 Å². The summed E-state index contributed by atoms with van der Waals surface area (Å²) < 4.78 is 6.53. The molecule has 5 heteroatoms. The van der Waals surface area contributed by atoms with Gasteiger partial charge in [0.2, 0.25) is 0 Å². The number of carbonyl (C=O) groups is 1. The second kappa shape index (κ2) is 14.1. The Morgan fingerprint density at radius 2 is 1.60 bits per heavy atom. The van der Waals surface area contributed by atoms with Crippen LogP contribution < -0.4 is 0 Å². The smallest absolute Gasteiger partial charge is 0.162 e. The third-order valence-electron chi connectivity index (χ3n) is 10.0. The number of benzene rings is 3. The van der Waals surface area contributed by atoms with Crippen LogP contribution in [-0.2, 0) is 35.7 Å². The topological polar surface area (TPSA) is 63.3 Å². The number of aryl methyl sites for hydroxylation is 1. The molecule has 6 rings (SSSR count). The van der Waals surface area contributed by atoms with E-state index in [1.165, 1.54) is 39.1 Å². The maximum Gasteiger partial charge on any atom is 0.162 e. The number of hydrogen-bond acceptors (Lipinski definition) is 4. The summed E-state index contributed by atoms with van der Waals surface area (Å²) in [6.07, 6.45) is 4.91. The molecule has 0 saturated carbocycles. The van der Waals surface area contributed by atoms with Gasteiger partial charge in [0.15, 0.2) is 5.78 Å². The molecule has 0 saturated heterocycles. The molecular weight excluding hydrogens is 759 g/mol. The summed E-state index contributed by atoms with van der Waals surface area (Å²) in [5, 5.41) is 13.3. The van der Waals surface area contributed by atoms with Crippen LogP contribution >= 0.6 is 0 Å². The molecule has 0 unspecified atom stereocenters. The fraction of sp³-hybridized carbons (Fsp3) is 0.429.